The summed E-state index contributed by atoms with van der Waals surface area (Å²) in [7, 11) is 0. The van der Waals surface area contributed by atoms with Gasteiger partial charge in [-0.3, -0.25) is 14.5 Å². The Hall–Kier alpha value is -2.76. The zero-order valence-electron chi connectivity index (χ0n) is 12.8. The first-order valence-corrected chi connectivity index (χ1v) is 7.84. The quantitative estimate of drug-likeness (QED) is 0.643. The lowest BCUT2D eigenvalue weighted by molar-refractivity contribution is -0.140. The zero-order chi connectivity index (χ0) is 16.7. The van der Waals surface area contributed by atoms with Crippen LogP contribution in [0, 0.1) is 17.7 Å². The number of benzene rings is 1. The highest BCUT2D eigenvalue weighted by atomic mass is 19.1. The lowest BCUT2D eigenvalue weighted by Crippen LogP contribution is -2.30. The van der Waals surface area contributed by atoms with Crippen molar-refractivity contribution in [1.29, 1.82) is 0 Å². The highest BCUT2D eigenvalue weighted by Crippen LogP contribution is 2.35. The molecule has 0 radical (unpaired) electrons. The van der Waals surface area contributed by atoms with Crippen LogP contribution in [-0.4, -0.2) is 21.7 Å². The lowest BCUT2D eigenvalue weighted by atomic mass is 9.85. The molecule has 2 aliphatic rings. The summed E-state index contributed by atoms with van der Waals surface area (Å²) in [5.41, 5.74) is 1.14. The van der Waals surface area contributed by atoms with Gasteiger partial charge in [-0.2, -0.15) is 0 Å². The van der Waals surface area contributed by atoms with Gasteiger partial charge in [-0.25, -0.2) is 9.37 Å². The van der Waals surface area contributed by atoms with Crippen LogP contribution in [0.5, 0.6) is 0 Å². The summed E-state index contributed by atoms with van der Waals surface area (Å²) in [6, 6.07) is 5.78. The van der Waals surface area contributed by atoms with Crippen molar-refractivity contribution in [2.75, 3.05) is 0 Å². The summed E-state index contributed by atoms with van der Waals surface area (Å²) in [6.45, 7) is 0.107. The number of likely N-dealkylation sites (tertiary alicyclic amines) is 1. The molecule has 2 heterocycles. The molecule has 0 bridgehead atoms. The first kappa shape index (κ1) is 14.8. The van der Waals surface area contributed by atoms with Gasteiger partial charge >= 0.3 is 0 Å². The van der Waals surface area contributed by atoms with E-state index in [4.69, 9.17) is 4.42 Å². The van der Waals surface area contributed by atoms with Crippen molar-refractivity contribution >= 4 is 11.8 Å². The molecule has 0 saturated carbocycles. The smallest absolute Gasteiger partial charge is 0.233 e. The van der Waals surface area contributed by atoms with Crippen molar-refractivity contribution < 1.29 is 18.4 Å². The number of allylic oxidation sites excluding steroid dienone is 2. The van der Waals surface area contributed by atoms with Crippen LogP contribution in [0.4, 0.5) is 4.39 Å². The average molecular weight is 326 g/mol. The predicted octanol–water partition coefficient (Wildman–Crippen LogP) is 2.93. The Balaban J connectivity index is 1.53. The van der Waals surface area contributed by atoms with Crippen LogP contribution in [0.1, 0.15) is 18.5 Å². The maximum Gasteiger partial charge on any atom is 0.233 e. The molecule has 0 unspecified atom stereocenters. The number of halogens is 1. The third kappa shape index (κ3) is 2.44. The minimum Gasteiger partial charge on any atom is -0.444 e. The Labute approximate surface area is 137 Å². The predicted molar refractivity (Wildman–Crippen MR) is 82.8 cm³/mol. The highest BCUT2D eigenvalue weighted by molar-refractivity contribution is 6.05. The van der Waals surface area contributed by atoms with Crippen LogP contribution in [0.2, 0.25) is 0 Å². The summed E-state index contributed by atoms with van der Waals surface area (Å²) in [4.78, 5) is 30.5. The molecule has 1 aromatic heterocycles. The van der Waals surface area contributed by atoms with Crippen LogP contribution in [0.15, 0.2) is 47.1 Å². The van der Waals surface area contributed by atoms with Crippen molar-refractivity contribution in [3.63, 3.8) is 0 Å². The van der Waals surface area contributed by atoms with Crippen LogP contribution >= 0.6 is 0 Å². The second-order valence-electron chi connectivity index (χ2n) is 6.07. The van der Waals surface area contributed by atoms with Crippen molar-refractivity contribution in [3.8, 4) is 11.5 Å². The van der Waals surface area contributed by atoms with Gasteiger partial charge in [0.25, 0.3) is 0 Å². The molecule has 24 heavy (non-hydrogen) atoms. The minimum absolute atomic E-state index is 0.107. The van der Waals surface area contributed by atoms with Crippen LogP contribution in [0.3, 0.4) is 0 Å². The Morgan fingerprint density at radius 3 is 2.33 bits per heavy atom. The molecule has 0 N–H and O–H groups in total. The van der Waals surface area contributed by atoms with E-state index in [0.717, 1.165) is 0 Å². The molecule has 4 rings (SSSR count). The van der Waals surface area contributed by atoms with Gasteiger partial charge in [0.15, 0.2) is 0 Å². The molecule has 0 spiro atoms. The topological polar surface area (TPSA) is 63.4 Å². The highest BCUT2D eigenvalue weighted by Gasteiger charge is 2.47. The fourth-order valence-electron chi connectivity index (χ4n) is 3.29. The van der Waals surface area contributed by atoms with Crippen LogP contribution in [0.25, 0.3) is 11.5 Å². The molecule has 122 valence electrons. The second-order valence-corrected chi connectivity index (χ2v) is 6.07. The number of carbonyl (C=O) groups excluding carboxylic acids is 2. The summed E-state index contributed by atoms with van der Waals surface area (Å²) in [5, 5.41) is 0. The van der Waals surface area contributed by atoms with Gasteiger partial charge < -0.3 is 4.42 Å². The van der Waals surface area contributed by atoms with Crippen molar-refractivity contribution in [2.24, 2.45) is 11.8 Å². The number of hydrogen-bond acceptors (Lipinski definition) is 4. The van der Waals surface area contributed by atoms with Crippen molar-refractivity contribution in [1.82, 2.24) is 9.88 Å². The third-order valence-electron chi connectivity index (χ3n) is 4.56. The molecule has 1 aliphatic heterocycles. The fourth-order valence-corrected chi connectivity index (χ4v) is 3.29. The number of carbonyl (C=O) groups is 2. The largest absolute Gasteiger partial charge is 0.444 e. The second kappa shape index (κ2) is 5.70. The monoisotopic (exact) mass is 326 g/mol. The average Bonchev–Trinajstić information content (AvgIpc) is 3.16. The van der Waals surface area contributed by atoms with Crippen molar-refractivity contribution in [3.05, 3.63) is 54.2 Å². The summed E-state index contributed by atoms with van der Waals surface area (Å²) >= 11 is 0. The molecule has 1 aliphatic carbocycles. The fraction of sp³-hybridized carbons (Fsp3) is 0.278. The number of oxazole rings is 1. The molecular weight excluding hydrogens is 311 g/mol. The lowest BCUT2D eigenvalue weighted by Gasteiger charge is -2.14. The summed E-state index contributed by atoms with van der Waals surface area (Å²) in [5.74, 6) is -0.767. The van der Waals surface area contributed by atoms with Gasteiger partial charge in [0, 0.05) is 5.56 Å². The minimum atomic E-state index is -0.338. The molecule has 2 aromatic rings. The Morgan fingerprint density at radius 1 is 1.08 bits per heavy atom. The maximum absolute atomic E-state index is 13.0. The normalized spacial score (nSPS) is 23.0. The van der Waals surface area contributed by atoms with Gasteiger partial charge in [0.2, 0.25) is 17.7 Å². The van der Waals surface area contributed by atoms with E-state index >= 15 is 0 Å². The number of rotatable bonds is 3. The van der Waals surface area contributed by atoms with Gasteiger partial charge in [0.1, 0.15) is 12.1 Å². The Morgan fingerprint density at radius 2 is 1.71 bits per heavy atom. The van der Waals surface area contributed by atoms with E-state index in [9.17, 15) is 14.0 Å². The SMILES string of the molecule is O=C1[C@H]2CC=CC[C@H]2C(=O)N1Cc1coc(-c2ccc(F)cc2)n1. The number of aromatic nitrogens is 1. The first-order valence-electron chi connectivity index (χ1n) is 7.84. The third-order valence-corrected chi connectivity index (χ3v) is 4.56. The number of imide groups is 1. The molecule has 2 atom stereocenters. The van der Waals surface area contributed by atoms with E-state index in [1.54, 1.807) is 12.1 Å². The van der Waals surface area contributed by atoms with Gasteiger partial charge in [-0.15, -0.1) is 0 Å². The van der Waals surface area contributed by atoms with E-state index in [0.29, 0.717) is 30.0 Å². The molecule has 5 nitrogen and oxygen atoms in total. The summed E-state index contributed by atoms with van der Waals surface area (Å²) < 4.78 is 18.4. The van der Waals surface area contributed by atoms with Gasteiger partial charge in [-0.05, 0) is 37.1 Å². The molecule has 1 aromatic carbocycles. The zero-order valence-corrected chi connectivity index (χ0v) is 12.8. The van der Waals surface area contributed by atoms with E-state index in [1.807, 2.05) is 12.2 Å². The Kier molecular flexibility index (Phi) is 3.52. The molecule has 1 saturated heterocycles. The van der Waals surface area contributed by atoms with E-state index in [2.05, 4.69) is 4.98 Å². The number of fused-ring (bicyclic) bond motifs is 1. The molecule has 1 fully saturated rings. The Bertz CT molecular complexity index is 799. The van der Waals surface area contributed by atoms with Gasteiger partial charge in [0.05, 0.1) is 24.1 Å². The number of nitrogens with zero attached hydrogens (tertiary/aromatic N) is 2. The van der Waals surface area contributed by atoms with E-state index in [1.165, 1.54) is 23.3 Å². The number of amides is 2. The standard InChI is InChI=1S/C18H15FN2O3/c19-12-7-5-11(6-8-12)16-20-13(10-24-16)9-21-17(22)14-3-1-2-4-15(14)18(21)23/h1-2,5-8,10,14-15H,3-4,9H2/t14-,15+. The summed E-state index contributed by atoms with van der Waals surface area (Å²) in [6.07, 6.45) is 6.58. The molecule has 2 amide bonds. The molecule has 6 heteroatoms. The van der Waals surface area contributed by atoms with E-state index in [-0.39, 0.29) is 36.0 Å². The van der Waals surface area contributed by atoms with Gasteiger partial charge in [-0.1, -0.05) is 12.2 Å². The number of hydrogen-bond donors (Lipinski definition) is 0. The maximum atomic E-state index is 13.0. The first-order chi connectivity index (χ1) is 11.6. The van der Waals surface area contributed by atoms with E-state index < -0.39 is 0 Å². The van der Waals surface area contributed by atoms with Crippen LogP contribution < -0.4 is 0 Å². The van der Waals surface area contributed by atoms with Crippen LogP contribution in [-0.2, 0) is 16.1 Å². The molecular formula is C18H15FN2O3. The van der Waals surface area contributed by atoms with Crippen molar-refractivity contribution in [2.45, 2.75) is 19.4 Å².